The van der Waals surface area contributed by atoms with Crippen molar-refractivity contribution in [3.63, 3.8) is 0 Å². The third kappa shape index (κ3) is 2.85. The van der Waals surface area contributed by atoms with E-state index in [1.165, 1.54) is 6.07 Å². The summed E-state index contributed by atoms with van der Waals surface area (Å²) in [5, 5.41) is 14.5. The highest BCUT2D eigenvalue weighted by Gasteiger charge is 2.26. The van der Waals surface area contributed by atoms with Crippen LogP contribution in [0.15, 0.2) is 18.2 Å². The molecular weight excluding hydrogens is 246 g/mol. The van der Waals surface area contributed by atoms with Gasteiger partial charge >= 0.3 is 0 Å². The molecule has 1 aromatic carbocycles. The fourth-order valence-electron chi connectivity index (χ4n) is 2.09. The zero-order valence-electron chi connectivity index (χ0n) is 10.9. The van der Waals surface area contributed by atoms with Gasteiger partial charge in [-0.2, -0.15) is 0 Å². The predicted molar refractivity (Wildman–Crippen MR) is 71.2 cm³/mol. The number of fused-ring (bicyclic) bond motifs is 1. The number of benzene rings is 1. The van der Waals surface area contributed by atoms with Gasteiger partial charge in [-0.25, -0.2) is 5.48 Å². The largest absolute Gasteiger partial charge is 0.372 e. The first-order valence-electron chi connectivity index (χ1n) is 6.17. The van der Waals surface area contributed by atoms with Gasteiger partial charge in [-0.3, -0.25) is 14.8 Å². The van der Waals surface area contributed by atoms with Crippen molar-refractivity contribution in [3.05, 3.63) is 23.8 Å². The number of hydrogen-bond acceptors (Lipinski definition) is 4. The minimum absolute atomic E-state index is 0.109. The first kappa shape index (κ1) is 13.4. The van der Waals surface area contributed by atoms with Gasteiger partial charge in [-0.1, -0.05) is 13.8 Å². The van der Waals surface area contributed by atoms with Crippen LogP contribution < -0.4 is 16.1 Å². The lowest BCUT2D eigenvalue weighted by Gasteiger charge is -2.28. The van der Waals surface area contributed by atoms with Crippen molar-refractivity contribution >= 4 is 23.2 Å². The molecule has 0 aromatic heterocycles. The Morgan fingerprint density at radius 2 is 2.16 bits per heavy atom. The highest BCUT2D eigenvalue weighted by atomic mass is 16.5. The number of carbonyl (C=O) groups excluding carboxylic acids is 2. The normalized spacial score (nSPS) is 17.5. The van der Waals surface area contributed by atoms with Gasteiger partial charge in [0.05, 0.1) is 11.4 Å². The predicted octanol–water partition coefficient (Wildman–Crippen LogP) is 1.58. The minimum Gasteiger partial charge on any atom is -0.372 e. The van der Waals surface area contributed by atoms with E-state index in [4.69, 9.17) is 5.21 Å². The molecule has 0 spiro atoms. The second kappa shape index (κ2) is 5.27. The smallest absolute Gasteiger partial charge is 0.274 e. The third-order valence-electron chi connectivity index (χ3n) is 2.99. The molecule has 19 heavy (non-hydrogen) atoms. The monoisotopic (exact) mass is 263 g/mol. The molecule has 102 valence electrons. The summed E-state index contributed by atoms with van der Waals surface area (Å²) in [7, 11) is 0. The quantitative estimate of drug-likeness (QED) is 0.492. The minimum atomic E-state index is -0.610. The summed E-state index contributed by atoms with van der Waals surface area (Å²) >= 11 is 0. The maximum absolute atomic E-state index is 11.9. The van der Waals surface area contributed by atoms with E-state index >= 15 is 0 Å². The second-order valence-electron chi connectivity index (χ2n) is 5.02. The molecule has 1 aliphatic heterocycles. The number of nitrogens with one attached hydrogen (secondary N) is 3. The van der Waals surface area contributed by atoms with E-state index in [1.807, 2.05) is 0 Å². The van der Waals surface area contributed by atoms with Crippen LogP contribution in [0.5, 0.6) is 0 Å². The van der Waals surface area contributed by atoms with Crippen molar-refractivity contribution in [2.45, 2.75) is 26.3 Å². The van der Waals surface area contributed by atoms with Crippen LogP contribution in [0, 0.1) is 5.92 Å². The van der Waals surface area contributed by atoms with Crippen LogP contribution >= 0.6 is 0 Å². The molecule has 2 rings (SSSR count). The Bertz CT molecular complexity index is 514. The summed E-state index contributed by atoms with van der Waals surface area (Å²) in [6.07, 6.45) is 0.740. The lowest BCUT2D eigenvalue weighted by atomic mass is 10.00. The van der Waals surface area contributed by atoms with E-state index in [0.717, 1.165) is 12.1 Å². The van der Waals surface area contributed by atoms with Crippen LogP contribution in [-0.2, 0) is 4.79 Å². The molecule has 0 saturated heterocycles. The summed E-state index contributed by atoms with van der Waals surface area (Å²) in [5.74, 6) is -0.312. The molecule has 0 radical (unpaired) electrons. The van der Waals surface area contributed by atoms with E-state index < -0.39 is 5.91 Å². The molecule has 0 bridgehead atoms. The van der Waals surface area contributed by atoms with Crippen LogP contribution in [0.1, 0.15) is 30.6 Å². The Morgan fingerprint density at radius 3 is 2.79 bits per heavy atom. The highest BCUT2D eigenvalue weighted by molar-refractivity contribution is 6.05. The first-order valence-corrected chi connectivity index (χ1v) is 6.17. The van der Waals surface area contributed by atoms with Gasteiger partial charge in [-0.05, 0) is 30.5 Å². The van der Waals surface area contributed by atoms with Crippen molar-refractivity contribution in [1.29, 1.82) is 0 Å². The molecule has 0 aliphatic carbocycles. The fraction of sp³-hybridized carbons (Fsp3) is 0.385. The zero-order valence-corrected chi connectivity index (χ0v) is 10.9. The van der Waals surface area contributed by atoms with Crippen molar-refractivity contribution in [3.8, 4) is 0 Å². The van der Waals surface area contributed by atoms with Gasteiger partial charge in [0.2, 0.25) is 5.91 Å². The van der Waals surface area contributed by atoms with E-state index in [-0.39, 0.29) is 17.5 Å². The lowest BCUT2D eigenvalue weighted by Crippen LogP contribution is -2.39. The number of hydroxylamine groups is 1. The summed E-state index contributed by atoms with van der Waals surface area (Å²) in [6, 6.07) is 4.57. The molecular formula is C13H17N3O3. The number of carbonyl (C=O) groups is 2. The number of rotatable bonds is 3. The van der Waals surface area contributed by atoms with Gasteiger partial charge in [0, 0.05) is 5.56 Å². The molecule has 6 nitrogen and oxygen atoms in total. The van der Waals surface area contributed by atoms with Crippen molar-refractivity contribution in [1.82, 2.24) is 5.48 Å². The van der Waals surface area contributed by atoms with Gasteiger partial charge in [0.25, 0.3) is 5.91 Å². The molecule has 1 atom stereocenters. The molecule has 1 unspecified atom stereocenters. The maximum Gasteiger partial charge on any atom is 0.274 e. The molecule has 0 saturated carbocycles. The zero-order chi connectivity index (χ0) is 14.0. The topological polar surface area (TPSA) is 90.5 Å². The van der Waals surface area contributed by atoms with E-state index in [9.17, 15) is 9.59 Å². The summed E-state index contributed by atoms with van der Waals surface area (Å²) in [4.78, 5) is 23.2. The van der Waals surface area contributed by atoms with Crippen LogP contribution in [-0.4, -0.2) is 23.1 Å². The van der Waals surface area contributed by atoms with E-state index in [1.54, 1.807) is 17.6 Å². The molecule has 1 heterocycles. The van der Waals surface area contributed by atoms with Crippen molar-refractivity contribution < 1.29 is 14.8 Å². The Morgan fingerprint density at radius 1 is 1.42 bits per heavy atom. The summed E-state index contributed by atoms with van der Waals surface area (Å²) in [5.41, 5.74) is 3.17. The van der Waals surface area contributed by atoms with Crippen LogP contribution in [0.4, 0.5) is 11.4 Å². The highest BCUT2D eigenvalue weighted by Crippen LogP contribution is 2.29. The van der Waals surface area contributed by atoms with E-state index in [2.05, 4.69) is 24.5 Å². The Labute approximate surface area is 111 Å². The van der Waals surface area contributed by atoms with Gasteiger partial charge in [0.15, 0.2) is 0 Å². The molecule has 0 fully saturated rings. The molecule has 6 heteroatoms. The van der Waals surface area contributed by atoms with E-state index in [0.29, 0.717) is 11.6 Å². The maximum atomic E-state index is 11.9. The van der Waals surface area contributed by atoms with Crippen LogP contribution in [0.25, 0.3) is 0 Å². The Balaban J connectivity index is 2.23. The average molecular weight is 263 g/mol. The number of anilines is 2. The second-order valence-corrected chi connectivity index (χ2v) is 5.02. The molecule has 1 aromatic rings. The standard InChI is InChI=1S/C13H17N3O3/c1-7(2)5-11-13(18)15-10-6-8(12(17)16-19)3-4-9(10)14-11/h3-4,6-7,11,14,19H,5H2,1-2H3,(H,15,18)(H,16,17). The first-order chi connectivity index (χ1) is 9.01. The lowest BCUT2D eigenvalue weighted by molar-refractivity contribution is -0.117. The molecule has 1 aliphatic rings. The Hall–Kier alpha value is -2.08. The van der Waals surface area contributed by atoms with Crippen molar-refractivity contribution in [2.75, 3.05) is 10.6 Å². The SMILES string of the molecule is CC(C)CC1Nc2ccc(C(=O)NO)cc2NC1=O. The number of hydrogen-bond donors (Lipinski definition) is 4. The number of amides is 2. The Kier molecular flexibility index (Phi) is 3.71. The van der Waals surface area contributed by atoms with Gasteiger partial charge in [-0.15, -0.1) is 0 Å². The van der Waals surface area contributed by atoms with Gasteiger partial charge in [0.1, 0.15) is 6.04 Å². The van der Waals surface area contributed by atoms with Crippen LogP contribution in [0.3, 0.4) is 0 Å². The molecule has 2 amide bonds. The summed E-state index contributed by atoms with van der Waals surface area (Å²) in [6.45, 7) is 4.11. The average Bonchev–Trinajstić information content (AvgIpc) is 2.37. The molecule has 4 N–H and O–H groups in total. The van der Waals surface area contributed by atoms with Crippen LogP contribution in [0.2, 0.25) is 0 Å². The fourth-order valence-corrected chi connectivity index (χ4v) is 2.09. The van der Waals surface area contributed by atoms with Crippen molar-refractivity contribution in [2.24, 2.45) is 5.92 Å². The summed E-state index contributed by atoms with van der Waals surface area (Å²) < 4.78 is 0. The van der Waals surface area contributed by atoms with Gasteiger partial charge < -0.3 is 10.6 Å². The third-order valence-corrected chi connectivity index (χ3v) is 2.99.